The molecule has 64 valence electrons. The molecule has 1 heteroatoms. The summed E-state index contributed by atoms with van der Waals surface area (Å²) >= 11 is 0. The van der Waals surface area contributed by atoms with E-state index in [2.05, 4.69) is 13.0 Å². The molecule has 0 aromatic rings. The number of aliphatic hydroxyl groups is 1. The standard InChI is InChI=1S/C8H12O.C2H6/c1-7-2-4-8(6-9)5-3-7;1-2/h2,4,9H,3,5-6H2,1H3;1-2H3. The van der Waals surface area contributed by atoms with Gasteiger partial charge in [-0.15, -0.1) is 0 Å². The Morgan fingerprint density at radius 3 is 2.27 bits per heavy atom. The molecule has 0 unspecified atom stereocenters. The molecule has 0 aromatic carbocycles. The van der Waals surface area contributed by atoms with E-state index in [0.717, 1.165) is 18.4 Å². The zero-order chi connectivity index (χ0) is 8.69. The second-order valence-electron chi connectivity index (χ2n) is 2.50. The van der Waals surface area contributed by atoms with Gasteiger partial charge >= 0.3 is 0 Å². The van der Waals surface area contributed by atoms with Crippen LogP contribution in [0.15, 0.2) is 23.3 Å². The normalized spacial score (nSPS) is 16.0. The van der Waals surface area contributed by atoms with Crippen molar-refractivity contribution >= 4 is 0 Å². The first-order valence-electron chi connectivity index (χ1n) is 4.29. The maximum Gasteiger partial charge on any atom is 0.0644 e. The fraction of sp³-hybridized carbons (Fsp3) is 0.600. The Morgan fingerprint density at radius 2 is 1.91 bits per heavy atom. The van der Waals surface area contributed by atoms with Crippen molar-refractivity contribution in [1.29, 1.82) is 0 Å². The quantitative estimate of drug-likeness (QED) is 0.615. The average molecular weight is 154 g/mol. The Morgan fingerprint density at radius 1 is 1.27 bits per heavy atom. The van der Waals surface area contributed by atoms with E-state index >= 15 is 0 Å². The van der Waals surface area contributed by atoms with Crippen molar-refractivity contribution in [2.75, 3.05) is 6.61 Å². The highest BCUT2D eigenvalue weighted by molar-refractivity contribution is 5.22. The van der Waals surface area contributed by atoms with E-state index in [1.54, 1.807) is 0 Å². The average Bonchev–Trinajstić information content (AvgIpc) is 2.10. The molecule has 0 saturated heterocycles. The molecule has 0 saturated carbocycles. The van der Waals surface area contributed by atoms with Crippen LogP contribution in [0.4, 0.5) is 0 Å². The van der Waals surface area contributed by atoms with Gasteiger partial charge in [0.1, 0.15) is 0 Å². The van der Waals surface area contributed by atoms with Crippen molar-refractivity contribution in [1.82, 2.24) is 0 Å². The van der Waals surface area contributed by atoms with E-state index in [-0.39, 0.29) is 6.61 Å². The Bertz CT molecular complexity index is 154. The summed E-state index contributed by atoms with van der Waals surface area (Å²) in [5.41, 5.74) is 2.56. The van der Waals surface area contributed by atoms with Crippen molar-refractivity contribution in [3.63, 3.8) is 0 Å². The van der Waals surface area contributed by atoms with Crippen molar-refractivity contribution < 1.29 is 5.11 Å². The number of aliphatic hydroxyl groups excluding tert-OH is 1. The van der Waals surface area contributed by atoms with E-state index < -0.39 is 0 Å². The van der Waals surface area contributed by atoms with Crippen LogP contribution in [0.25, 0.3) is 0 Å². The molecular weight excluding hydrogens is 136 g/mol. The molecule has 0 aliphatic heterocycles. The van der Waals surface area contributed by atoms with Crippen molar-refractivity contribution in [3.8, 4) is 0 Å². The van der Waals surface area contributed by atoms with Gasteiger partial charge in [0.15, 0.2) is 0 Å². The number of allylic oxidation sites excluding steroid dienone is 3. The lowest BCUT2D eigenvalue weighted by molar-refractivity contribution is 0.326. The Kier molecular flexibility index (Phi) is 5.86. The first kappa shape index (κ1) is 10.4. The van der Waals surface area contributed by atoms with Crippen LogP contribution in [-0.2, 0) is 0 Å². The molecule has 0 amide bonds. The smallest absolute Gasteiger partial charge is 0.0644 e. The number of hydrogen-bond acceptors (Lipinski definition) is 1. The second-order valence-corrected chi connectivity index (χ2v) is 2.50. The molecule has 0 heterocycles. The molecule has 0 fully saturated rings. The molecule has 1 rings (SSSR count). The molecule has 0 bridgehead atoms. The van der Waals surface area contributed by atoms with Gasteiger partial charge in [0, 0.05) is 0 Å². The number of rotatable bonds is 1. The third kappa shape index (κ3) is 3.99. The van der Waals surface area contributed by atoms with Crippen molar-refractivity contribution in [2.24, 2.45) is 0 Å². The van der Waals surface area contributed by atoms with Crippen LogP contribution in [0, 0.1) is 0 Å². The van der Waals surface area contributed by atoms with Gasteiger partial charge in [-0.3, -0.25) is 0 Å². The predicted octanol–water partition coefficient (Wildman–Crippen LogP) is 2.67. The Labute approximate surface area is 69.4 Å². The SMILES string of the molecule is CC.CC1=CC=C(CO)CC1. The summed E-state index contributed by atoms with van der Waals surface area (Å²) in [6, 6.07) is 0. The molecule has 1 aliphatic carbocycles. The van der Waals surface area contributed by atoms with Gasteiger partial charge in [-0.1, -0.05) is 31.6 Å². The summed E-state index contributed by atoms with van der Waals surface area (Å²) < 4.78 is 0. The zero-order valence-electron chi connectivity index (χ0n) is 7.72. The lowest BCUT2D eigenvalue weighted by Crippen LogP contribution is -1.94. The molecule has 1 aliphatic rings. The molecule has 1 N–H and O–H groups in total. The molecule has 0 atom stereocenters. The van der Waals surface area contributed by atoms with Gasteiger partial charge in [0.05, 0.1) is 6.61 Å². The highest BCUT2D eigenvalue weighted by Crippen LogP contribution is 2.16. The molecule has 0 aromatic heterocycles. The number of hydrogen-bond donors (Lipinski definition) is 1. The predicted molar refractivity (Wildman–Crippen MR) is 49.5 cm³/mol. The molecule has 11 heavy (non-hydrogen) atoms. The summed E-state index contributed by atoms with van der Waals surface area (Å²) in [7, 11) is 0. The third-order valence-electron chi connectivity index (χ3n) is 1.65. The van der Waals surface area contributed by atoms with Crippen LogP contribution in [0.2, 0.25) is 0 Å². The summed E-state index contributed by atoms with van der Waals surface area (Å²) in [6.45, 7) is 6.34. The monoisotopic (exact) mass is 154 g/mol. The molecular formula is C10H18O. The fourth-order valence-electron chi connectivity index (χ4n) is 0.916. The van der Waals surface area contributed by atoms with E-state index in [9.17, 15) is 0 Å². The summed E-state index contributed by atoms with van der Waals surface area (Å²) in [6.07, 6.45) is 6.25. The maximum atomic E-state index is 8.68. The van der Waals surface area contributed by atoms with Gasteiger partial charge in [-0.2, -0.15) is 0 Å². The fourth-order valence-corrected chi connectivity index (χ4v) is 0.916. The molecule has 0 spiro atoms. The minimum Gasteiger partial charge on any atom is -0.392 e. The highest BCUT2D eigenvalue weighted by atomic mass is 16.3. The van der Waals surface area contributed by atoms with Crippen LogP contribution in [-0.4, -0.2) is 11.7 Å². The lowest BCUT2D eigenvalue weighted by Gasteiger charge is -2.08. The van der Waals surface area contributed by atoms with Crippen LogP contribution in [0.3, 0.4) is 0 Å². The zero-order valence-corrected chi connectivity index (χ0v) is 7.72. The van der Waals surface area contributed by atoms with Gasteiger partial charge < -0.3 is 5.11 Å². The summed E-state index contributed by atoms with van der Waals surface area (Å²) in [5.74, 6) is 0. The van der Waals surface area contributed by atoms with Gasteiger partial charge in [0.25, 0.3) is 0 Å². The largest absolute Gasteiger partial charge is 0.392 e. The first-order chi connectivity index (χ1) is 5.33. The van der Waals surface area contributed by atoms with Gasteiger partial charge in [0.2, 0.25) is 0 Å². The van der Waals surface area contributed by atoms with E-state index in [1.165, 1.54) is 5.57 Å². The van der Waals surface area contributed by atoms with Crippen molar-refractivity contribution in [2.45, 2.75) is 33.6 Å². The summed E-state index contributed by atoms with van der Waals surface area (Å²) in [4.78, 5) is 0. The van der Waals surface area contributed by atoms with E-state index in [4.69, 9.17) is 5.11 Å². The Hall–Kier alpha value is -0.560. The second kappa shape index (κ2) is 6.17. The van der Waals surface area contributed by atoms with Crippen molar-refractivity contribution in [3.05, 3.63) is 23.3 Å². The minimum atomic E-state index is 0.226. The Balaban J connectivity index is 0.000000461. The highest BCUT2D eigenvalue weighted by Gasteiger charge is 1.99. The first-order valence-corrected chi connectivity index (χ1v) is 4.29. The molecule has 0 radical (unpaired) electrons. The topological polar surface area (TPSA) is 20.2 Å². The van der Waals surface area contributed by atoms with Gasteiger partial charge in [-0.25, -0.2) is 0 Å². The van der Waals surface area contributed by atoms with Crippen LogP contribution in [0.5, 0.6) is 0 Å². The van der Waals surface area contributed by atoms with Crippen LogP contribution in [0.1, 0.15) is 33.6 Å². The minimum absolute atomic E-state index is 0.226. The van der Waals surface area contributed by atoms with Crippen LogP contribution < -0.4 is 0 Å². The third-order valence-corrected chi connectivity index (χ3v) is 1.65. The van der Waals surface area contributed by atoms with E-state index in [0.29, 0.717) is 0 Å². The van der Waals surface area contributed by atoms with E-state index in [1.807, 2.05) is 19.9 Å². The maximum absolute atomic E-state index is 8.68. The summed E-state index contributed by atoms with van der Waals surface area (Å²) in [5, 5.41) is 8.68. The van der Waals surface area contributed by atoms with Crippen LogP contribution >= 0.6 is 0 Å². The lowest BCUT2D eigenvalue weighted by atomic mass is 10.0. The van der Waals surface area contributed by atoms with Gasteiger partial charge in [-0.05, 0) is 25.3 Å². The molecule has 1 nitrogen and oxygen atoms in total.